The van der Waals surface area contributed by atoms with Crippen LogP contribution in [0.15, 0.2) is 18.2 Å². The third kappa shape index (κ3) is 4.50. The van der Waals surface area contributed by atoms with E-state index in [4.69, 9.17) is 20.3 Å². The minimum Gasteiger partial charge on any atom is -0.493 e. The summed E-state index contributed by atoms with van der Waals surface area (Å²) >= 11 is 0. The second-order valence-electron chi connectivity index (χ2n) is 3.38. The molecule has 0 spiro atoms. The van der Waals surface area contributed by atoms with Crippen molar-refractivity contribution in [2.24, 2.45) is 5.73 Å². The van der Waals surface area contributed by atoms with Crippen molar-refractivity contribution in [3.8, 4) is 11.5 Å². The van der Waals surface area contributed by atoms with Crippen LogP contribution in [0.25, 0.3) is 0 Å². The monoisotopic (exact) mass is 261 g/mol. The van der Waals surface area contributed by atoms with Crippen molar-refractivity contribution >= 4 is 18.4 Å². The molecule has 96 valence electrons. The zero-order valence-corrected chi connectivity index (χ0v) is 10.5. The molecule has 1 unspecified atom stereocenters. The Bertz CT molecular complexity index is 382. The minimum absolute atomic E-state index is 0. The Morgan fingerprint density at radius 3 is 2.59 bits per heavy atom. The molecule has 5 nitrogen and oxygen atoms in total. The Morgan fingerprint density at radius 1 is 1.47 bits per heavy atom. The molecule has 0 aromatic heterocycles. The molecule has 0 aliphatic rings. The van der Waals surface area contributed by atoms with Crippen LogP contribution in [0.1, 0.15) is 18.5 Å². The van der Waals surface area contributed by atoms with Crippen LogP contribution in [0.3, 0.4) is 0 Å². The van der Waals surface area contributed by atoms with E-state index in [1.807, 2.05) is 6.92 Å². The highest BCUT2D eigenvalue weighted by Gasteiger charge is 2.09. The smallest absolute Gasteiger partial charge is 0.341 e. The summed E-state index contributed by atoms with van der Waals surface area (Å²) < 4.78 is 10.2. The van der Waals surface area contributed by atoms with Crippen LogP contribution in [0, 0.1) is 0 Å². The molecule has 6 heteroatoms. The first-order chi connectivity index (χ1) is 7.54. The van der Waals surface area contributed by atoms with Crippen molar-refractivity contribution in [2.45, 2.75) is 13.0 Å². The Hall–Kier alpha value is -1.46. The summed E-state index contributed by atoms with van der Waals surface area (Å²) in [6, 6.07) is 5.06. The quantitative estimate of drug-likeness (QED) is 0.841. The van der Waals surface area contributed by atoms with Gasteiger partial charge < -0.3 is 20.3 Å². The van der Waals surface area contributed by atoms with E-state index in [0.717, 1.165) is 5.56 Å². The van der Waals surface area contributed by atoms with Gasteiger partial charge >= 0.3 is 5.97 Å². The van der Waals surface area contributed by atoms with Gasteiger partial charge in [0, 0.05) is 6.04 Å². The number of methoxy groups -OCH3 is 1. The maximum atomic E-state index is 10.4. The highest BCUT2D eigenvalue weighted by Crippen LogP contribution is 2.29. The number of halogens is 1. The van der Waals surface area contributed by atoms with Crippen molar-refractivity contribution in [3.63, 3.8) is 0 Å². The molecule has 1 aromatic carbocycles. The van der Waals surface area contributed by atoms with E-state index in [1.165, 1.54) is 7.11 Å². The molecule has 0 fully saturated rings. The SMILES string of the molecule is COc1cc(C(C)N)ccc1OCC(=O)O.Cl. The van der Waals surface area contributed by atoms with Gasteiger partial charge in [0.15, 0.2) is 18.1 Å². The minimum atomic E-state index is -1.03. The molecule has 0 heterocycles. The van der Waals surface area contributed by atoms with Crippen molar-refractivity contribution in [2.75, 3.05) is 13.7 Å². The molecule has 0 saturated carbocycles. The number of carbonyl (C=O) groups is 1. The lowest BCUT2D eigenvalue weighted by Crippen LogP contribution is -2.10. The van der Waals surface area contributed by atoms with Gasteiger partial charge in [-0.25, -0.2) is 4.79 Å². The molecular formula is C11H16ClNO4. The van der Waals surface area contributed by atoms with Gasteiger partial charge in [0.1, 0.15) is 0 Å². The maximum absolute atomic E-state index is 10.4. The van der Waals surface area contributed by atoms with Crippen LogP contribution in [0.4, 0.5) is 0 Å². The fourth-order valence-corrected chi connectivity index (χ4v) is 1.23. The second kappa shape index (κ2) is 6.98. The summed E-state index contributed by atoms with van der Waals surface area (Å²) in [4.78, 5) is 10.4. The topological polar surface area (TPSA) is 81.8 Å². The van der Waals surface area contributed by atoms with E-state index in [0.29, 0.717) is 11.5 Å². The van der Waals surface area contributed by atoms with Gasteiger partial charge in [-0.05, 0) is 24.6 Å². The third-order valence-corrected chi connectivity index (χ3v) is 2.06. The Morgan fingerprint density at radius 2 is 2.12 bits per heavy atom. The fraction of sp³-hybridized carbons (Fsp3) is 0.364. The molecule has 0 radical (unpaired) electrons. The number of nitrogens with two attached hydrogens (primary N) is 1. The molecule has 1 rings (SSSR count). The summed E-state index contributed by atoms with van der Waals surface area (Å²) in [5.41, 5.74) is 6.62. The number of rotatable bonds is 5. The number of hydrogen-bond acceptors (Lipinski definition) is 4. The first kappa shape index (κ1) is 15.5. The lowest BCUT2D eigenvalue weighted by molar-refractivity contribution is -0.139. The standard InChI is InChI=1S/C11H15NO4.ClH/c1-7(12)8-3-4-9(10(5-8)15-2)16-6-11(13)14;/h3-5,7H,6,12H2,1-2H3,(H,13,14);1H. The normalized spacial score (nSPS) is 11.2. The van der Waals surface area contributed by atoms with E-state index in [-0.39, 0.29) is 18.4 Å². The number of carboxylic acid groups (broad SMARTS) is 1. The van der Waals surface area contributed by atoms with Crippen LogP contribution in [0.2, 0.25) is 0 Å². The molecule has 0 bridgehead atoms. The zero-order chi connectivity index (χ0) is 12.1. The third-order valence-electron chi connectivity index (χ3n) is 2.06. The molecule has 17 heavy (non-hydrogen) atoms. The molecule has 0 aliphatic heterocycles. The van der Waals surface area contributed by atoms with Gasteiger partial charge in [-0.2, -0.15) is 0 Å². The fourth-order valence-electron chi connectivity index (χ4n) is 1.23. The van der Waals surface area contributed by atoms with E-state index in [9.17, 15) is 4.79 Å². The summed E-state index contributed by atoms with van der Waals surface area (Å²) in [7, 11) is 1.49. The maximum Gasteiger partial charge on any atom is 0.341 e. The first-order valence-corrected chi connectivity index (χ1v) is 4.82. The highest BCUT2D eigenvalue weighted by molar-refractivity contribution is 5.85. The summed E-state index contributed by atoms with van der Waals surface area (Å²) in [6.45, 7) is 1.46. The molecule has 1 aromatic rings. The lowest BCUT2D eigenvalue weighted by atomic mass is 10.1. The molecule has 3 N–H and O–H groups in total. The molecule has 1 atom stereocenters. The largest absolute Gasteiger partial charge is 0.493 e. The van der Waals surface area contributed by atoms with Crippen LogP contribution in [0.5, 0.6) is 11.5 Å². The molecule has 0 aliphatic carbocycles. The Labute approximate surface area is 106 Å². The number of ether oxygens (including phenoxy) is 2. The molecular weight excluding hydrogens is 246 g/mol. The van der Waals surface area contributed by atoms with Crippen LogP contribution >= 0.6 is 12.4 Å². The van der Waals surface area contributed by atoms with Crippen LogP contribution in [-0.2, 0) is 4.79 Å². The lowest BCUT2D eigenvalue weighted by Gasteiger charge is -2.12. The predicted octanol–water partition coefficient (Wildman–Crippen LogP) is 1.60. The summed E-state index contributed by atoms with van der Waals surface area (Å²) in [6.07, 6.45) is 0. The van der Waals surface area contributed by atoms with Gasteiger partial charge in [-0.15, -0.1) is 12.4 Å². The number of aliphatic carboxylic acids is 1. The predicted molar refractivity (Wildman–Crippen MR) is 66.0 cm³/mol. The van der Waals surface area contributed by atoms with Crippen molar-refractivity contribution in [1.29, 1.82) is 0 Å². The highest BCUT2D eigenvalue weighted by atomic mass is 35.5. The van der Waals surface area contributed by atoms with Gasteiger partial charge in [-0.1, -0.05) is 6.07 Å². The average molecular weight is 262 g/mol. The van der Waals surface area contributed by atoms with Crippen molar-refractivity contribution in [1.82, 2.24) is 0 Å². The Balaban J connectivity index is 0.00000256. The van der Waals surface area contributed by atoms with Crippen LogP contribution in [-0.4, -0.2) is 24.8 Å². The first-order valence-electron chi connectivity index (χ1n) is 4.82. The number of carboxylic acids is 1. The van der Waals surface area contributed by atoms with E-state index in [2.05, 4.69) is 0 Å². The van der Waals surface area contributed by atoms with Crippen molar-refractivity contribution < 1.29 is 19.4 Å². The van der Waals surface area contributed by atoms with Gasteiger partial charge in [0.2, 0.25) is 0 Å². The van der Waals surface area contributed by atoms with Gasteiger partial charge in [0.05, 0.1) is 7.11 Å². The molecule has 0 amide bonds. The van der Waals surface area contributed by atoms with E-state index < -0.39 is 12.6 Å². The van der Waals surface area contributed by atoms with Crippen molar-refractivity contribution in [3.05, 3.63) is 23.8 Å². The number of hydrogen-bond donors (Lipinski definition) is 2. The summed E-state index contributed by atoms with van der Waals surface area (Å²) in [5, 5.41) is 8.50. The summed E-state index contributed by atoms with van der Waals surface area (Å²) in [5.74, 6) is -0.149. The second-order valence-corrected chi connectivity index (χ2v) is 3.38. The zero-order valence-electron chi connectivity index (χ0n) is 9.67. The van der Waals surface area contributed by atoms with Crippen LogP contribution < -0.4 is 15.2 Å². The van der Waals surface area contributed by atoms with Gasteiger partial charge in [-0.3, -0.25) is 0 Å². The Kier molecular flexibility index (Phi) is 6.38. The van der Waals surface area contributed by atoms with E-state index >= 15 is 0 Å². The average Bonchev–Trinajstić information content (AvgIpc) is 2.25. The van der Waals surface area contributed by atoms with E-state index in [1.54, 1.807) is 18.2 Å². The number of benzene rings is 1. The molecule has 0 saturated heterocycles. The van der Waals surface area contributed by atoms with Gasteiger partial charge in [0.25, 0.3) is 0 Å².